The fourth-order valence-electron chi connectivity index (χ4n) is 1.70. The van der Waals surface area contributed by atoms with E-state index in [-0.39, 0.29) is 0 Å². The molecule has 0 saturated carbocycles. The van der Waals surface area contributed by atoms with Crippen LogP contribution in [0, 0.1) is 0 Å². The molecule has 0 spiro atoms. The normalized spacial score (nSPS) is 12.7. The molecule has 0 aliphatic heterocycles. The van der Waals surface area contributed by atoms with Gasteiger partial charge in [0.25, 0.3) is 0 Å². The summed E-state index contributed by atoms with van der Waals surface area (Å²) in [6.07, 6.45) is 0.410. The first-order valence-electron chi connectivity index (χ1n) is 5.33. The number of halogens is 2. The van der Waals surface area contributed by atoms with Crippen molar-refractivity contribution in [1.29, 1.82) is 0 Å². The van der Waals surface area contributed by atoms with Gasteiger partial charge in [-0.15, -0.1) is 11.3 Å². The summed E-state index contributed by atoms with van der Waals surface area (Å²) in [6.45, 7) is 2.11. The molecule has 0 radical (unpaired) electrons. The molecule has 0 fully saturated rings. The van der Waals surface area contributed by atoms with Crippen LogP contribution in [0.2, 0.25) is 0 Å². The molecule has 0 saturated heterocycles. The van der Waals surface area contributed by atoms with Gasteiger partial charge in [0, 0.05) is 5.56 Å². The quantitative estimate of drug-likeness (QED) is 0.807. The van der Waals surface area contributed by atoms with Crippen molar-refractivity contribution in [3.8, 4) is 0 Å². The van der Waals surface area contributed by atoms with E-state index in [9.17, 15) is 5.11 Å². The Hall–Kier alpha value is -0.160. The average molecular weight is 376 g/mol. The van der Waals surface area contributed by atoms with Gasteiger partial charge >= 0.3 is 0 Å². The molecular weight excluding hydrogens is 364 g/mol. The Morgan fingerprint density at radius 1 is 1.29 bits per heavy atom. The van der Waals surface area contributed by atoms with Crippen LogP contribution in [0.1, 0.15) is 29.7 Å². The number of aliphatic hydroxyl groups is 1. The van der Waals surface area contributed by atoms with Crippen molar-refractivity contribution < 1.29 is 5.11 Å². The molecule has 1 N–H and O–H groups in total. The monoisotopic (exact) mass is 374 g/mol. The summed E-state index contributed by atoms with van der Waals surface area (Å²) in [7, 11) is 0. The van der Waals surface area contributed by atoms with Crippen LogP contribution in [0.15, 0.2) is 37.9 Å². The van der Waals surface area contributed by atoms with Crippen LogP contribution in [0.3, 0.4) is 0 Å². The van der Waals surface area contributed by atoms with Crippen molar-refractivity contribution in [3.05, 3.63) is 54.6 Å². The van der Waals surface area contributed by atoms with Crippen LogP contribution in [-0.4, -0.2) is 5.11 Å². The van der Waals surface area contributed by atoms with Crippen molar-refractivity contribution in [3.63, 3.8) is 0 Å². The lowest BCUT2D eigenvalue weighted by molar-refractivity contribution is 0.220. The third-order valence-electron chi connectivity index (χ3n) is 2.65. The largest absolute Gasteiger partial charge is 0.384 e. The Kier molecular flexibility index (Phi) is 4.42. The maximum Gasteiger partial charge on any atom is 0.106 e. The fourth-order valence-corrected chi connectivity index (χ4v) is 4.59. The Balaban J connectivity index is 2.36. The van der Waals surface area contributed by atoms with Gasteiger partial charge in [-0.25, -0.2) is 0 Å². The van der Waals surface area contributed by atoms with Crippen molar-refractivity contribution in [2.45, 2.75) is 19.4 Å². The zero-order valence-electron chi connectivity index (χ0n) is 9.28. The molecule has 1 aromatic carbocycles. The molecule has 4 heteroatoms. The maximum atomic E-state index is 10.4. The Morgan fingerprint density at radius 3 is 2.65 bits per heavy atom. The van der Waals surface area contributed by atoms with Gasteiger partial charge in [-0.2, -0.15) is 0 Å². The van der Waals surface area contributed by atoms with E-state index in [4.69, 9.17) is 0 Å². The summed E-state index contributed by atoms with van der Waals surface area (Å²) >= 11 is 8.48. The molecule has 1 unspecified atom stereocenters. The first-order chi connectivity index (χ1) is 8.11. The lowest BCUT2D eigenvalue weighted by Crippen LogP contribution is -1.99. The summed E-state index contributed by atoms with van der Waals surface area (Å²) in [5, 5.41) is 10.4. The molecule has 1 atom stereocenters. The highest BCUT2D eigenvalue weighted by atomic mass is 79.9. The molecule has 0 aliphatic rings. The number of thiophene rings is 1. The van der Waals surface area contributed by atoms with Crippen LogP contribution in [0.25, 0.3) is 0 Å². The van der Waals surface area contributed by atoms with E-state index in [2.05, 4.69) is 50.9 Å². The van der Waals surface area contributed by atoms with Gasteiger partial charge in [0.2, 0.25) is 0 Å². The van der Waals surface area contributed by atoms with Gasteiger partial charge in [0.15, 0.2) is 0 Å². The number of hydrogen-bond acceptors (Lipinski definition) is 2. The van der Waals surface area contributed by atoms with E-state index in [0.29, 0.717) is 0 Å². The smallest absolute Gasteiger partial charge is 0.106 e. The number of aliphatic hydroxyl groups excluding tert-OH is 1. The predicted molar refractivity (Wildman–Crippen MR) is 79.6 cm³/mol. The SMILES string of the molecule is CCc1cccc(C(O)c2cc(Br)sc2Br)c1. The molecule has 90 valence electrons. The van der Waals surface area contributed by atoms with Gasteiger partial charge in [-0.1, -0.05) is 31.2 Å². The topological polar surface area (TPSA) is 20.2 Å². The van der Waals surface area contributed by atoms with Gasteiger partial charge in [-0.05, 0) is 55.5 Å². The van der Waals surface area contributed by atoms with Crippen molar-refractivity contribution >= 4 is 43.2 Å². The summed E-state index contributed by atoms with van der Waals surface area (Å²) in [5.41, 5.74) is 3.09. The lowest BCUT2D eigenvalue weighted by Gasteiger charge is -2.11. The van der Waals surface area contributed by atoms with Crippen LogP contribution >= 0.6 is 43.2 Å². The second-order valence-corrected chi connectivity index (χ2v) is 7.53. The Bertz CT molecular complexity index is 522. The summed E-state index contributed by atoms with van der Waals surface area (Å²) < 4.78 is 1.99. The summed E-state index contributed by atoms with van der Waals surface area (Å²) in [6, 6.07) is 10.0. The molecular formula is C13H12Br2OS. The number of rotatable bonds is 3. The molecule has 1 aromatic heterocycles. The summed E-state index contributed by atoms with van der Waals surface area (Å²) in [5.74, 6) is 0. The Labute approximate surface area is 122 Å². The third kappa shape index (κ3) is 2.99. The Morgan fingerprint density at radius 2 is 2.06 bits per heavy atom. The van der Waals surface area contributed by atoms with E-state index < -0.39 is 6.10 Å². The highest BCUT2D eigenvalue weighted by Crippen LogP contribution is 2.37. The molecule has 2 rings (SSSR count). The standard InChI is InChI=1S/C13H12Br2OS/c1-2-8-4-3-5-9(6-8)12(16)10-7-11(14)17-13(10)15/h3-7,12,16H,2H2,1H3. The first-order valence-corrected chi connectivity index (χ1v) is 7.73. The molecule has 1 nitrogen and oxygen atoms in total. The molecule has 2 aromatic rings. The van der Waals surface area contributed by atoms with Crippen LogP contribution in [-0.2, 0) is 6.42 Å². The lowest BCUT2D eigenvalue weighted by atomic mass is 10.0. The second kappa shape index (κ2) is 5.65. The second-order valence-electron chi connectivity index (χ2n) is 3.78. The van der Waals surface area contributed by atoms with E-state index >= 15 is 0 Å². The zero-order chi connectivity index (χ0) is 12.4. The van der Waals surface area contributed by atoms with Gasteiger partial charge in [-0.3, -0.25) is 0 Å². The number of hydrogen-bond donors (Lipinski definition) is 1. The minimum absolute atomic E-state index is 0.571. The molecule has 1 heterocycles. The van der Waals surface area contributed by atoms with E-state index in [1.54, 1.807) is 11.3 Å². The highest BCUT2D eigenvalue weighted by molar-refractivity contribution is 9.12. The average Bonchev–Trinajstić information content (AvgIpc) is 2.67. The minimum Gasteiger partial charge on any atom is -0.384 e. The van der Waals surface area contributed by atoms with Crippen molar-refractivity contribution in [1.82, 2.24) is 0 Å². The maximum absolute atomic E-state index is 10.4. The molecule has 17 heavy (non-hydrogen) atoms. The van der Waals surface area contributed by atoms with Gasteiger partial charge in [0.05, 0.1) is 7.57 Å². The summed E-state index contributed by atoms with van der Waals surface area (Å²) in [4.78, 5) is 0. The van der Waals surface area contributed by atoms with Crippen molar-refractivity contribution in [2.75, 3.05) is 0 Å². The van der Waals surface area contributed by atoms with Crippen molar-refractivity contribution in [2.24, 2.45) is 0 Å². The van der Waals surface area contributed by atoms with Crippen LogP contribution in [0.4, 0.5) is 0 Å². The molecule has 0 amide bonds. The number of benzene rings is 1. The van der Waals surface area contributed by atoms with Crippen LogP contribution in [0.5, 0.6) is 0 Å². The highest BCUT2D eigenvalue weighted by Gasteiger charge is 2.16. The first kappa shape index (κ1) is 13.3. The minimum atomic E-state index is -0.571. The van der Waals surface area contributed by atoms with E-state index in [1.165, 1.54) is 5.56 Å². The van der Waals surface area contributed by atoms with Gasteiger partial charge < -0.3 is 5.11 Å². The number of aryl methyl sites for hydroxylation is 1. The molecule has 0 aliphatic carbocycles. The fraction of sp³-hybridized carbons (Fsp3) is 0.231. The predicted octanol–water partition coefficient (Wildman–Crippen LogP) is 4.92. The molecule has 0 bridgehead atoms. The third-order valence-corrected chi connectivity index (χ3v) is 5.04. The van der Waals surface area contributed by atoms with E-state index in [1.807, 2.05) is 18.2 Å². The van der Waals surface area contributed by atoms with Crippen LogP contribution < -0.4 is 0 Å². The van der Waals surface area contributed by atoms with Gasteiger partial charge in [0.1, 0.15) is 6.10 Å². The van der Waals surface area contributed by atoms with E-state index in [0.717, 1.165) is 25.1 Å². The zero-order valence-corrected chi connectivity index (χ0v) is 13.3.